The van der Waals surface area contributed by atoms with Crippen LogP contribution in [0.5, 0.6) is 0 Å². The van der Waals surface area contributed by atoms with E-state index >= 15 is 0 Å². The summed E-state index contributed by atoms with van der Waals surface area (Å²) in [6, 6.07) is 7.71. The van der Waals surface area contributed by atoms with E-state index < -0.39 is 17.5 Å². The maximum Gasteiger partial charge on any atom is 0.161 e. The van der Waals surface area contributed by atoms with Gasteiger partial charge in [-0.2, -0.15) is 0 Å². The van der Waals surface area contributed by atoms with Gasteiger partial charge in [0, 0.05) is 22.2 Å². The van der Waals surface area contributed by atoms with E-state index in [1.807, 2.05) is 0 Å². The number of rotatable bonds is 1. The Balaban J connectivity index is 2.65. The van der Waals surface area contributed by atoms with Gasteiger partial charge in [-0.3, -0.25) is 0 Å². The van der Waals surface area contributed by atoms with Gasteiger partial charge in [0.2, 0.25) is 0 Å². The summed E-state index contributed by atoms with van der Waals surface area (Å²) in [6.45, 7) is 0. The molecule has 0 nitrogen and oxygen atoms in total. The maximum absolute atomic E-state index is 13.4. The predicted molar refractivity (Wildman–Crippen MR) is 56.8 cm³/mol. The van der Waals surface area contributed by atoms with Gasteiger partial charge < -0.3 is 0 Å². The third-order valence-corrected chi connectivity index (χ3v) is 2.50. The molecule has 16 heavy (non-hydrogen) atoms. The first kappa shape index (κ1) is 11.0. The first-order chi connectivity index (χ1) is 7.59. The molecule has 0 heterocycles. The monoisotopic (exact) mass is 242 g/mol. The third-order valence-electron chi connectivity index (χ3n) is 2.17. The molecule has 0 radical (unpaired) electrons. The van der Waals surface area contributed by atoms with Gasteiger partial charge in [-0.1, -0.05) is 29.8 Å². The highest BCUT2D eigenvalue weighted by Crippen LogP contribution is 2.30. The SMILES string of the molecule is Fc1cc(F)c(-c2ccccc2Cl)cc1F. The molecular weight excluding hydrogens is 237 g/mol. The molecule has 0 bridgehead atoms. The van der Waals surface area contributed by atoms with Crippen molar-refractivity contribution in [1.82, 2.24) is 0 Å². The molecule has 0 saturated heterocycles. The number of halogens is 4. The van der Waals surface area contributed by atoms with Gasteiger partial charge in [-0.15, -0.1) is 0 Å². The van der Waals surface area contributed by atoms with Crippen molar-refractivity contribution >= 4 is 11.6 Å². The summed E-state index contributed by atoms with van der Waals surface area (Å²) in [5.41, 5.74) is 0.282. The molecule has 0 spiro atoms. The fourth-order valence-corrected chi connectivity index (χ4v) is 1.65. The van der Waals surface area contributed by atoms with Gasteiger partial charge in [-0.05, 0) is 12.1 Å². The average molecular weight is 243 g/mol. The Kier molecular flexibility index (Phi) is 2.88. The van der Waals surface area contributed by atoms with E-state index in [2.05, 4.69) is 0 Å². The molecule has 0 N–H and O–H groups in total. The predicted octanol–water partition coefficient (Wildman–Crippen LogP) is 4.42. The molecule has 0 aliphatic rings. The Morgan fingerprint density at radius 3 is 2.06 bits per heavy atom. The van der Waals surface area contributed by atoms with Crippen molar-refractivity contribution in [1.29, 1.82) is 0 Å². The lowest BCUT2D eigenvalue weighted by atomic mass is 10.0. The Hall–Kier alpha value is -1.48. The van der Waals surface area contributed by atoms with Gasteiger partial charge in [0.15, 0.2) is 11.6 Å². The summed E-state index contributed by atoms with van der Waals surface area (Å²) in [5, 5.41) is 0.285. The standard InChI is InChI=1S/C12H6ClF3/c13-9-4-2-1-3-7(9)8-5-11(15)12(16)6-10(8)14/h1-6H. The molecule has 0 aliphatic heterocycles. The second-order valence-electron chi connectivity index (χ2n) is 3.23. The summed E-state index contributed by atoms with van der Waals surface area (Å²) in [4.78, 5) is 0. The van der Waals surface area contributed by atoms with Crippen LogP contribution in [0, 0.1) is 17.5 Å². The van der Waals surface area contributed by atoms with Crippen LogP contribution in [0.25, 0.3) is 11.1 Å². The van der Waals surface area contributed by atoms with Crippen LogP contribution in [0.15, 0.2) is 36.4 Å². The van der Waals surface area contributed by atoms with Crippen LogP contribution >= 0.6 is 11.6 Å². The van der Waals surface area contributed by atoms with Crippen LogP contribution in [0.1, 0.15) is 0 Å². The van der Waals surface area contributed by atoms with Crippen molar-refractivity contribution in [2.75, 3.05) is 0 Å². The average Bonchev–Trinajstić information content (AvgIpc) is 2.25. The molecule has 0 amide bonds. The lowest BCUT2D eigenvalue weighted by molar-refractivity contribution is 0.496. The van der Waals surface area contributed by atoms with Gasteiger partial charge in [0.1, 0.15) is 5.82 Å². The maximum atomic E-state index is 13.4. The zero-order valence-corrected chi connectivity index (χ0v) is 8.73. The van der Waals surface area contributed by atoms with Crippen molar-refractivity contribution in [3.05, 3.63) is 58.9 Å². The van der Waals surface area contributed by atoms with E-state index in [-0.39, 0.29) is 10.6 Å². The molecule has 0 saturated carbocycles. The molecular formula is C12H6ClF3. The van der Waals surface area contributed by atoms with Gasteiger partial charge in [0.25, 0.3) is 0 Å². The van der Waals surface area contributed by atoms with E-state index in [1.54, 1.807) is 18.2 Å². The van der Waals surface area contributed by atoms with Crippen molar-refractivity contribution in [2.45, 2.75) is 0 Å². The van der Waals surface area contributed by atoms with Gasteiger partial charge in [0.05, 0.1) is 0 Å². The largest absolute Gasteiger partial charge is 0.206 e. The van der Waals surface area contributed by atoms with E-state index in [1.165, 1.54) is 6.07 Å². The minimum Gasteiger partial charge on any atom is -0.206 e. The first-order valence-electron chi connectivity index (χ1n) is 4.49. The van der Waals surface area contributed by atoms with E-state index in [0.717, 1.165) is 6.07 Å². The molecule has 0 aromatic heterocycles. The topological polar surface area (TPSA) is 0 Å². The Morgan fingerprint density at radius 1 is 0.750 bits per heavy atom. The smallest absolute Gasteiger partial charge is 0.161 e. The highest BCUT2D eigenvalue weighted by Gasteiger charge is 2.13. The lowest BCUT2D eigenvalue weighted by Crippen LogP contribution is -1.91. The quantitative estimate of drug-likeness (QED) is 0.649. The minimum atomic E-state index is -1.21. The van der Waals surface area contributed by atoms with Crippen molar-refractivity contribution in [2.24, 2.45) is 0 Å². The van der Waals surface area contributed by atoms with Crippen LogP contribution in [-0.2, 0) is 0 Å². The molecule has 0 aliphatic carbocycles. The first-order valence-corrected chi connectivity index (χ1v) is 4.87. The van der Waals surface area contributed by atoms with Gasteiger partial charge in [-0.25, -0.2) is 13.2 Å². The number of hydrogen-bond acceptors (Lipinski definition) is 0. The van der Waals surface area contributed by atoms with E-state index in [9.17, 15) is 13.2 Å². The summed E-state index contributed by atoms with van der Waals surface area (Å²) in [6.07, 6.45) is 0. The van der Waals surface area contributed by atoms with Crippen molar-refractivity contribution in [3.63, 3.8) is 0 Å². The zero-order valence-electron chi connectivity index (χ0n) is 7.98. The molecule has 4 heteroatoms. The Morgan fingerprint density at radius 2 is 1.38 bits per heavy atom. The molecule has 2 aromatic carbocycles. The van der Waals surface area contributed by atoms with Crippen molar-refractivity contribution < 1.29 is 13.2 Å². The van der Waals surface area contributed by atoms with Crippen LogP contribution in [0.3, 0.4) is 0 Å². The highest BCUT2D eigenvalue weighted by atomic mass is 35.5. The van der Waals surface area contributed by atoms with Crippen LogP contribution in [0.4, 0.5) is 13.2 Å². The fourth-order valence-electron chi connectivity index (χ4n) is 1.41. The Labute approximate surface area is 95.3 Å². The lowest BCUT2D eigenvalue weighted by Gasteiger charge is -2.06. The van der Waals surface area contributed by atoms with Gasteiger partial charge >= 0.3 is 0 Å². The summed E-state index contributed by atoms with van der Waals surface area (Å²) >= 11 is 5.84. The number of hydrogen-bond donors (Lipinski definition) is 0. The molecule has 0 unspecified atom stereocenters. The normalized spacial score (nSPS) is 10.5. The number of benzene rings is 2. The molecule has 2 rings (SSSR count). The van der Waals surface area contributed by atoms with Crippen LogP contribution < -0.4 is 0 Å². The molecule has 82 valence electrons. The van der Waals surface area contributed by atoms with E-state index in [4.69, 9.17) is 11.6 Å². The minimum absolute atomic E-state index is 0.0514. The van der Waals surface area contributed by atoms with E-state index in [0.29, 0.717) is 11.6 Å². The molecule has 0 fully saturated rings. The highest BCUT2D eigenvalue weighted by molar-refractivity contribution is 6.33. The van der Waals surface area contributed by atoms with Crippen molar-refractivity contribution in [3.8, 4) is 11.1 Å². The second-order valence-corrected chi connectivity index (χ2v) is 3.63. The second kappa shape index (κ2) is 4.18. The summed E-state index contributed by atoms with van der Waals surface area (Å²) in [7, 11) is 0. The summed E-state index contributed by atoms with van der Waals surface area (Å²) in [5.74, 6) is -3.16. The van der Waals surface area contributed by atoms with Crippen LogP contribution in [0.2, 0.25) is 5.02 Å². The third kappa shape index (κ3) is 1.91. The van der Waals surface area contributed by atoms with Crippen LogP contribution in [-0.4, -0.2) is 0 Å². The fraction of sp³-hybridized carbons (Fsp3) is 0. The Bertz CT molecular complexity index is 538. The zero-order chi connectivity index (χ0) is 11.7. The molecule has 2 aromatic rings. The summed E-state index contributed by atoms with van der Waals surface area (Å²) < 4.78 is 39.2. The molecule has 0 atom stereocenters.